The van der Waals surface area contributed by atoms with Gasteiger partial charge in [0.2, 0.25) is 0 Å². The first-order chi connectivity index (χ1) is 12.6. The molecule has 3 aromatic rings. The topological polar surface area (TPSA) is 37.8 Å². The molecule has 0 spiro atoms. The number of alkyl halides is 2. The third kappa shape index (κ3) is 3.52. The van der Waals surface area contributed by atoms with Gasteiger partial charge in [-0.2, -0.15) is 8.78 Å². The third-order valence-corrected chi connectivity index (χ3v) is 5.84. The molecule has 0 saturated heterocycles. The Balaban J connectivity index is 1.52. The molecule has 1 aromatic carbocycles. The number of aryl methyl sites for hydroxylation is 1. The van der Waals surface area contributed by atoms with E-state index in [2.05, 4.69) is 10.3 Å². The van der Waals surface area contributed by atoms with Gasteiger partial charge in [-0.05, 0) is 31.4 Å². The molecule has 0 amide bonds. The van der Waals surface area contributed by atoms with E-state index in [0.717, 1.165) is 40.4 Å². The van der Waals surface area contributed by atoms with E-state index in [4.69, 9.17) is 4.98 Å². The Morgan fingerprint density at radius 3 is 2.69 bits per heavy atom. The number of hydrogen-bond donors (Lipinski definition) is 1. The van der Waals surface area contributed by atoms with Crippen molar-refractivity contribution >= 4 is 11.3 Å². The number of fused-ring (bicyclic) bond motifs is 1. The van der Waals surface area contributed by atoms with Crippen molar-refractivity contribution in [3.63, 3.8) is 0 Å². The van der Waals surface area contributed by atoms with Gasteiger partial charge in [-0.25, -0.2) is 4.98 Å². The van der Waals surface area contributed by atoms with Crippen LogP contribution >= 0.6 is 11.3 Å². The fourth-order valence-corrected chi connectivity index (χ4v) is 4.47. The smallest absolute Gasteiger partial charge is 0.301 e. The first-order valence-corrected chi connectivity index (χ1v) is 9.53. The first kappa shape index (κ1) is 17.2. The Morgan fingerprint density at radius 1 is 1.12 bits per heavy atom. The summed E-state index contributed by atoms with van der Waals surface area (Å²) in [4.78, 5) is 9.64. The van der Waals surface area contributed by atoms with Crippen LogP contribution in [0.5, 0.6) is 0 Å². The molecule has 0 radical (unpaired) electrons. The van der Waals surface area contributed by atoms with Crippen LogP contribution < -0.4 is 5.32 Å². The highest BCUT2D eigenvalue weighted by molar-refractivity contribution is 7.15. The zero-order valence-corrected chi connectivity index (χ0v) is 15.0. The Bertz CT molecular complexity index is 865. The second kappa shape index (κ2) is 7.21. The number of nitrogens with zero attached hydrogens (tertiary/aromatic N) is 2. The zero-order valence-electron chi connectivity index (χ0n) is 14.2. The van der Waals surface area contributed by atoms with Crippen molar-refractivity contribution in [1.82, 2.24) is 15.3 Å². The molecule has 0 bridgehead atoms. The number of rotatable bonds is 5. The molecule has 4 rings (SSSR count). The van der Waals surface area contributed by atoms with Gasteiger partial charge in [-0.15, -0.1) is 11.3 Å². The number of pyridine rings is 1. The molecule has 3 nitrogen and oxygen atoms in total. The number of hydrogen-bond acceptors (Lipinski definition) is 4. The second-order valence-corrected chi connectivity index (χ2v) is 7.47. The minimum Gasteiger partial charge on any atom is -0.303 e. The van der Waals surface area contributed by atoms with E-state index < -0.39 is 12.5 Å². The summed E-state index contributed by atoms with van der Waals surface area (Å²) in [6.45, 7) is -0.424. The van der Waals surface area contributed by atoms with Crippen molar-refractivity contribution in [2.24, 2.45) is 0 Å². The van der Waals surface area contributed by atoms with Crippen LogP contribution in [0.15, 0.2) is 54.7 Å². The molecule has 2 aromatic heterocycles. The fourth-order valence-electron chi connectivity index (χ4n) is 3.24. The van der Waals surface area contributed by atoms with Crippen LogP contribution in [-0.2, 0) is 12.3 Å². The zero-order chi connectivity index (χ0) is 18.0. The summed E-state index contributed by atoms with van der Waals surface area (Å²) >= 11 is 1.61. The third-order valence-electron chi connectivity index (χ3n) is 4.58. The lowest BCUT2D eigenvalue weighted by molar-refractivity contribution is -0.0106. The maximum atomic E-state index is 14.4. The van der Waals surface area contributed by atoms with Crippen molar-refractivity contribution < 1.29 is 8.78 Å². The van der Waals surface area contributed by atoms with Gasteiger partial charge in [0.05, 0.1) is 12.2 Å². The van der Waals surface area contributed by atoms with E-state index in [1.807, 2.05) is 30.3 Å². The number of benzene rings is 1. The SMILES string of the molecule is FC(F)(CNC1CCCc2nc(-c3ccccc3)sc21)c1ccccn1. The van der Waals surface area contributed by atoms with Crippen LogP contribution in [0.2, 0.25) is 0 Å². The lowest BCUT2D eigenvalue weighted by Crippen LogP contribution is -2.35. The maximum Gasteiger partial charge on any atom is 0.301 e. The molecule has 0 fully saturated rings. The van der Waals surface area contributed by atoms with Crippen molar-refractivity contribution in [2.75, 3.05) is 6.54 Å². The predicted molar refractivity (Wildman–Crippen MR) is 99.4 cm³/mol. The van der Waals surface area contributed by atoms with Crippen LogP contribution in [-0.4, -0.2) is 16.5 Å². The van der Waals surface area contributed by atoms with Crippen LogP contribution in [0.3, 0.4) is 0 Å². The maximum absolute atomic E-state index is 14.4. The highest BCUT2D eigenvalue weighted by Gasteiger charge is 2.35. The van der Waals surface area contributed by atoms with Gasteiger partial charge in [0, 0.05) is 22.7 Å². The van der Waals surface area contributed by atoms with E-state index in [9.17, 15) is 8.78 Å². The summed E-state index contributed by atoms with van der Waals surface area (Å²) < 4.78 is 28.8. The van der Waals surface area contributed by atoms with Gasteiger partial charge in [-0.3, -0.25) is 4.98 Å². The lowest BCUT2D eigenvalue weighted by atomic mass is 9.98. The standard InChI is InChI=1S/C20H19F2N3S/c21-20(22,17-11-4-5-12-23-17)13-24-15-9-6-10-16-18(15)26-19(25-16)14-7-2-1-3-8-14/h1-5,7-8,11-12,15,24H,6,9-10,13H2. The average molecular weight is 371 g/mol. The molecule has 1 atom stereocenters. The summed E-state index contributed by atoms with van der Waals surface area (Å²) in [5.41, 5.74) is 1.92. The predicted octanol–water partition coefficient (Wildman–Crippen LogP) is 4.96. The highest BCUT2D eigenvalue weighted by atomic mass is 32.1. The summed E-state index contributed by atoms with van der Waals surface area (Å²) in [6.07, 6.45) is 4.12. The van der Waals surface area contributed by atoms with Gasteiger partial charge in [0.15, 0.2) is 0 Å². The van der Waals surface area contributed by atoms with E-state index in [0.29, 0.717) is 0 Å². The van der Waals surface area contributed by atoms with E-state index in [1.54, 1.807) is 23.5 Å². The summed E-state index contributed by atoms with van der Waals surface area (Å²) in [5, 5.41) is 4.02. The van der Waals surface area contributed by atoms with Gasteiger partial charge < -0.3 is 5.32 Å². The summed E-state index contributed by atoms with van der Waals surface area (Å²) in [5.74, 6) is -2.99. The normalized spacial score (nSPS) is 17.1. The first-order valence-electron chi connectivity index (χ1n) is 8.71. The molecule has 6 heteroatoms. The Morgan fingerprint density at radius 2 is 1.92 bits per heavy atom. The monoisotopic (exact) mass is 371 g/mol. The molecule has 2 heterocycles. The molecule has 0 aliphatic heterocycles. The summed E-state index contributed by atoms with van der Waals surface area (Å²) in [6, 6.07) is 14.5. The van der Waals surface area contributed by atoms with Crippen molar-refractivity contribution in [3.8, 4) is 10.6 Å². The molecule has 134 valence electrons. The minimum atomic E-state index is -2.99. The van der Waals surface area contributed by atoms with Crippen LogP contribution in [0, 0.1) is 0 Å². The van der Waals surface area contributed by atoms with Crippen molar-refractivity contribution in [2.45, 2.75) is 31.2 Å². The van der Waals surface area contributed by atoms with Gasteiger partial charge in [0.25, 0.3) is 0 Å². The van der Waals surface area contributed by atoms with E-state index in [1.165, 1.54) is 12.3 Å². The van der Waals surface area contributed by atoms with Crippen LogP contribution in [0.1, 0.15) is 35.1 Å². The van der Waals surface area contributed by atoms with E-state index >= 15 is 0 Å². The average Bonchev–Trinajstić information content (AvgIpc) is 3.13. The van der Waals surface area contributed by atoms with Crippen LogP contribution in [0.4, 0.5) is 8.78 Å². The molecule has 0 saturated carbocycles. The van der Waals surface area contributed by atoms with E-state index in [-0.39, 0.29) is 11.7 Å². The lowest BCUT2D eigenvalue weighted by Gasteiger charge is -2.25. The van der Waals surface area contributed by atoms with Gasteiger partial charge in [0.1, 0.15) is 10.7 Å². The largest absolute Gasteiger partial charge is 0.303 e. The summed E-state index contributed by atoms with van der Waals surface area (Å²) in [7, 11) is 0. The molecule has 1 unspecified atom stereocenters. The number of thiazole rings is 1. The number of nitrogens with one attached hydrogen (secondary N) is 1. The van der Waals surface area contributed by atoms with Crippen molar-refractivity contribution in [3.05, 3.63) is 71.0 Å². The molecule has 26 heavy (non-hydrogen) atoms. The molecule has 1 N–H and O–H groups in total. The Hall–Kier alpha value is -2.18. The van der Waals surface area contributed by atoms with Crippen molar-refractivity contribution in [1.29, 1.82) is 0 Å². The fraction of sp³-hybridized carbons (Fsp3) is 0.300. The number of halogens is 2. The van der Waals surface area contributed by atoms with Gasteiger partial charge >= 0.3 is 5.92 Å². The number of aromatic nitrogens is 2. The second-order valence-electron chi connectivity index (χ2n) is 6.44. The molecule has 1 aliphatic carbocycles. The Labute approximate surface area is 155 Å². The highest BCUT2D eigenvalue weighted by Crippen LogP contribution is 2.38. The molecular weight excluding hydrogens is 352 g/mol. The quantitative estimate of drug-likeness (QED) is 0.688. The minimum absolute atomic E-state index is 0.0803. The molecular formula is C20H19F2N3S. The molecule has 1 aliphatic rings. The van der Waals surface area contributed by atoms with Crippen LogP contribution in [0.25, 0.3) is 10.6 Å². The Kier molecular flexibility index (Phi) is 4.78. The van der Waals surface area contributed by atoms with Gasteiger partial charge in [-0.1, -0.05) is 36.4 Å².